The van der Waals surface area contributed by atoms with Crippen molar-refractivity contribution < 1.29 is 9.53 Å². The summed E-state index contributed by atoms with van der Waals surface area (Å²) in [6, 6.07) is 3.29. The van der Waals surface area contributed by atoms with Gasteiger partial charge in [-0.1, -0.05) is 11.6 Å². The van der Waals surface area contributed by atoms with E-state index in [0.29, 0.717) is 22.9 Å². The first kappa shape index (κ1) is 14.0. The van der Waals surface area contributed by atoms with E-state index in [0.717, 1.165) is 31.6 Å². The largest absolute Gasteiger partial charge is 0.462 e. The predicted molar refractivity (Wildman–Crippen MR) is 77.9 cm³/mol. The van der Waals surface area contributed by atoms with E-state index in [4.69, 9.17) is 22.1 Å². The van der Waals surface area contributed by atoms with Gasteiger partial charge in [0.15, 0.2) is 0 Å². The summed E-state index contributed by atoms with van der Waals surface area (Å²) in [5.41, 5.74) is 7.84. The fourth-order valence-corrected chi connectivity index (χ4v) is 2.75. The van der Waals surface area contributed by atoms with Crippen molar-refractivity contribution in [2.24, 2.45) is 0 Å². The number of nitrogens with zero attached hydrogens (tertiary/aromatic N) is 1. The van der Waals surface area contributed by atoms with Gasteiger partial charge in [0.1, 0.15) is 0 Å². The SMILES string of the molecule is CCOC(=O)c1cc(N)c(N2CCCCC2)c(Cl)c1. The Morgan fingerprint density at radius 3 is 2.63 bits per heavy atom. The Morgan fingerprint density at radius 2 is 2.05 bits per heavy atom. The number of piperidine rings is 1. The maximum atomic E-state index is 11.7. The number of rotatable bonds is 3. The van der Waals surface area contributed by atoms with Crippen molar-refractivity contribution in [3.63, 3.8) is 0 Å². The van der Waals surface area contributed by atoms with Gasteiger partial charge >= 0.3 is 5.97 Å². The van der Waals surface area contributed by atoms with Crippen LogP contribution in [0, 0.1) is 0 Å². The molecule has 2 rings (SSSR count). The van der Waals surface area contributed by atoms with Gasteiger partial charge in [-0.15, -0.1) is 0 Å². The Labute approximate surface area is 118 Å². The van der Waals surface area contributed by atoms with Crippen LogP contribution >= 0.6 is 11.6 Å². The van der Waals surface area contributed by atoms with E-state index in [2.05, 4.69) is 4.90 Å². The maximum Gasteiger partial charge on any atom is 0.338 e. The molecule has 1 aromatic carbocycles. The van der Waals surface area contributed by atoms with Crippen LogP contribution in [0.15, 0.2) is 12.1 Å². The molecule has 0 bridgehead atoms. The summed E-state index contributed by atoms with van der Waals surface area (Å²) in [6.45, 7) is 4.03. The van der Waals surface area contributed by atoms with Crippen molar-refractivity contribution in [3.05, 3.63) is 22.7 Å². The highest BCUT2D eigenvalue weighted by molar-refractivity contribution is 6.34. The van der Waals surface area contributed by atoms with Gasteiger partial charge in [-0.25, -0.2) is 4.79 Å². The highest BCUT2D eigenvalue weighted by Gasteiger charge is 2.19. The molecule has 0 saturated carbocycles. The number of nitrogen functional groups attached to an aromatic ring is 1. The molecule has 1 heterocycles. The van der Waals surface area contributed by atoms with Gasteiger partial charge in [-0.3, -0.25) is 0 Å². The number of nitrogens with two attached hydrogens (primary N) is 1. The monoisotopic (exact) mass is 282 g/mol. The van der Waals surface area contributed by atoms with Crippen molar-refractivity contribution in [2.75, 3.05) is 30.3 Å². The normalized spacial score (nSPS) is 15.4. The Balaban J connectivity index is 2.28. The van der Waals surface area contributed by atoms with Crippen molar-refractivity contribution in [2.45, 2.75) is 26.2 Å². The zero-order chi connectivity index (χ0) is 13.8. The Hall–Kier alpha value is -1.42. The minimum Gasteiger partial charge on any atom is -0.462 e. The lowest BCUT2D eigenvalue weighted by Gasteiger charge is -2.30. The van der Waals surface area contributed by atoms with Crippen LogP contribution in [0.2, 0.25) is 5.02 Å². The van der Waals surface area contributed by atoms with Crippen LogP contribution in [0.3, 0.4) is 0 Å². The summed E-state index contributed by atoms with van der Waals surface area (Å²) in [5.74, 6) is -0.388. The second-order valence-electron chi connectivity index (χ2n) is 4.66. The lowest BCUT2D eigenvalue weighted by molar-refractivity contribution is 0.0526. The van der Waals surface area contributed by atoms with Gasteiger partial charge in [-0.05, 0) is 38.3 Å². The van der Waals surface area contributed by atoms with Gasteiger partial charge in [0.25, 0.3) is 0 Å². The van der Waals surface area contributed by atoms with Crippen molar-refractivity contribution in [1.82, 2.24) is 0 Å². The molecule has 0 spiro atoms. The molecule has 104 valence electrons. The van der Waals surface area contributed by atoms with Crippen LogP contribution in [-0.2, 0) is 4.74 Å². The minimum absolute atomic E-state index is 0.338. The van der Waals surface area contributed by atoms with Crippen molar-refractivity contribution >= 4 is 28.9 Å². The van der Waals surface area contributed by atoms with Gasteiger partial charge in [0, 0.05) is 13.1 Å². The zero-order valence-electron chi connectivity index (χ0n) is 11.1. The standard InChI is InChI=1S/C14H19ClN2O2/c1-2-19-14(18)10-8-11(15)13(12(16)9-10)17-6-4-3-5-7-17/h8-9H,2-7,16H2,1H3. The van der Waals surface area contributed by atoms with Gasteiger partial charge < -0.3 is 15.4 Å². The van der Waals surface area contributed by atoms with Gasteiger partial charge in [-0.2, -0.15) is 0 Å². The summed E-state index contributed by atoms with van der Waals surface area (Å²) < 4.78 is 4.96. The number of hydrogen-bond donors (Lipinski definition) is 1. The molecule has 1 fully saturated rings. The lowest BCUT2D eigenvalue weighted by Crippen LogP contribution is -2.30. The van der Waals surface area contributed by atoms with Crippen LogP contribution in [0.4, 0.5) is 11.4 Å². The van der Waals surface area contributed by atoms with Crippen molar-refractivity contribution in [1.29, 1.82) is 0 Å². The molecule has 1 aliphatic heterocycles. The molecule has 0 amide bonds. The molecular formula is C14H19ClN2O2. The van der Waals surface area contributed by atoms with Crippen molar-refractivity contribution in [3.8, 4) is 0 Å². The second kappa shape index (κ2) is 6.15. The Kier molecular flexibility index (Phi) is 4.53. The summed E-state index contributed by atoms with van der Waals surface area (Å²) in [4.78, 5) is 13.9. The van der Waals surface area contributed by atoms with E-state index in [-0.39, 0.29) is 5.97 Å². The number of benzene rings is 1. The van der Waals surface area contributed by atoms with Crippen LogP contribution in [0.5, 0.6) is 0 Å². The topological polar surface area (TPSA) is 55.6 Å². The molecule has 4 nitrogen and oxygen atoms in total. The molecule has 19 heavy (non-hydrogen) atoms. The van der Waals surface area contributed by atoms with E-state index in [1.165, 1.54) is 6.42 Å². The highest BCUT2D eigenvalue weighted by Crippen LogP contribution is 2.35. The molecule has 0 atom stereocenters. The fourth-order valence-electron chi connectivity index (χ4n) is 2.40. The first-order valence-electron chi connectivity index (χ1n) is 6.64. The fraction of sp³-hybridized carbons (Fsp3) is 0.500. The average Bonchev–Trinajstić information content (AvgIpc) is 2.39. The number of anilines is 2. The predicted octanol–water partition coefficient (Wildman–Crippen LogP) is 3.09. The lowest BCUT2D eigenvalue weighted by atomic mass is 10.1. The average molecular weight is 283 g/mol. The van der Waals surface area contributed by atoms with Crippen LogP contribution in [0.25, 0.3) is 0 Å². The third-order valence-corrected chi connectivity index (χ3v) is 3.56. The van der Waals surface area contributed by atoms with Gasteiger partial charge in [0.2, 0.25) is 0 Å². The number of esters is 1. The van der Waals surface area contributed by atoms with E-state index in [9.17, 15) is 4.79 Å². The molecule has 1 aromatic rings. The third kappa shape index (κ3) is 3.13. The molecular weight excluding hydrogens is 264 g/mol. The first-order valence-corrected chi connectivity index (χ1v) is 7.02. The first-order chi connectivity index (χ1) is 9.13. The number of carbonyl (C=O) groups excluding carboxylic acids is 1. The molecule has 0 unspecified atom stereocenters. The van der Waals surface area contributed by atoms with Gasteiger partial charge in [0.05, 0.1) is 28.6 Å². The minimum atomic E-state index is -0.388. The Morgan fingerprint density at radius 1 is 1.37 bits per heavy atom. The summed E-state index contributed by atoms with van der Waals surface area (Å²) in [6.07, 6.45) is 3.54. The zero-order valence-corrected chi connectivity index (χ0v) is 11.9. The second-order valence-corrected chi connectivity index (χ2v) is 5.07. The van der Waals surface area contributed by atoms with E-state index in [1.807, 2.05) is 0 Å². The summed E-state index contributed by atoms with van der Waals surface area (Å²) in [7, 11) is 0. The van der Waals surface area contributed by atoms with E-state index < -0.39 is 0 Å². The van der Waals surface area contributed by atoms with E-state index in [1.54, 1.807) is 19.1 Å². The highest BCUT2D eigenvalue weighted by atomic mass is 35.5. The van der Waals surface area contributed by atoms with Crippen LogP contribution in [0.1, 0.15) is 36.5 Å². The molecule has 2 N–H and O–H groups in total. The molecule has 1 saturated heterocycles. The van der Waals surface area contributed by atoms with Crippen LogP contribution in [-0.4, -0.2) is 25.7 Å². The summed E-state index contributed by atoms with van der Waals surface area (Å²) in [5, 5.41) is 0.518. The Bertz CT molecular complexity index is 448. The third-order valence-electron chi connectivity index (χ3n) is 3.28. The molecule has 0 radical (unpaired) electrons. The number of carbonyl (C=O) groups is 1. The molecule has 0 aliphatic carbocycles. The maximum absolute atomic E-state index is 11.7. The number of halogens is 1. The number of ether oxygens (including phenoxy) is 1. The molecule has 0 aromatic heterocycles. The van der Waals surface area contributed by atoms with E-state index >= 15 is 0 Å². The summed E-state index contributed by atoms with van der Waals surface area (Å²) >= 11 is 6.28. The van der Waals surface area contributed by atoms with Crippen LogP contribution < -0.4 is 10.6 Å². The quantitative estimate of drug-likeness (QED) is 0.684. The smallest absolute Gasteiger partial charge is 0.338 e. The molecule has 1 aliphatic rings. The molecule has 5 heteroatoms. The number of hydrogen-bond acceptors (Lipinski definition) is 4.